The highest BCUT2D eigenvalue weighted by atomic mass is 32.2. The SMILES string of the molecule is C[C@H](O)c1ccc(SCC2CCCO2)nc1. The molecule has 0 radical (unpaired) electrons. The number of thioether (sulfide) groups is 1. The lowest BCUT2D eigenvalue weighted by atomic mass is 10.2. The first-order valence-corrected chi connectivity index (χ1v) is 6.62. The minimum Gasteiger partial charge on any atom is -0.389 e. The van der Waals surface area contributed by atoms with Gasteiger partial charge in [-0.25, -0.2) is 4.98 Å². The van der Waals surface area contributed by atoms with Crippen molar-refractivity contribution in [3.8, 4) is 0 Å². The second kappa shape index (κ2) is 5.66. The summed E-state index contributed by atoms with van der Waals surface area (Å²) in [4.78, 5) is 4.31. The topological polar surface area (TPSA) is 42.4 Å². The average Bonchev–Trinajstić information content (AvgIpc) is 2.80. The first-order valence-electron chi connectivity index (χ1n) is 5.64. The monoisotopic (exact) mass is 239 g/mol. The summed E-state index contributed by atoms with van der Waals surface area (Å²) in [6.07, 6.45) is 4.04. The van der Waals surface area contributed by atoms with Crippen molar-refractivity contribution in [2.75, 3.05) is 12.4 Å². The van der Waals surface area contributed by atoms with Crippen LogP contribution in [0.1, 0.15) is 31.4 Å². The quantitative estimate of drug-likeness (QED) is 0.819. The summed E-state index contributed by atoms with van der Waals surface area (Å²) < 4.78 is 5.55. The maximum atomic E-state index is 9.35. The molecule has 0 aromatic carbocycles. The molecule has 0 aliphatic carbocycles. The van der Waals surface area contributed by atoms with Gasteiger partial charge in [0.05, 0.1) is 17.2 Å². The van der Waals surface area contributed by atoms with Crippen LogP contribution in [0.4, 0.5) is 0 Å². The molecule has 1 fully saturated rings. The number of hydrogen-bond donors (Lipinski definition) is 1. The minimum atomic E-state index is -0.440. The van der Waals surface area contributed by atoms with Crippen molar-refractivity contribution in [2.45, 2.75) is 37.0 Å². The van der Waals surface area contributed by atoms with Gasteiger partial charge in [0, 0.05) is 18.6 Å². The third-order valence-corrected chi connectivity index (χ3v) is 3.76. The molecule has 1 unspecified atom stereocenters. The second-order valence-corrected chi connectivity index (χ2v) is 5.09. The van der Waals surface area contributed by atoms with Gasteiger partial charge in [0.25, 0.3) is 0 Å². The number of nitrogens with zero attached hydrogens (tertiary/aromatic N) is 1. The third kappa shape index (κ3) is 3.20. The van der Waals surface area contributed by atoms with E-state index in [-0.39, 0.29) is 0 Å². The smallest absolute Gasteiger partial charge is 0.0960 e. The lowest BCUT2D eigenvalue weighted by Gasteiger charge is -2.09. The Hall–Kier alpha value is -0.580. The molecule has 1 N–H and O–H groups in total. The predicted molar refractivity (Wildman–Crippen MR) is 64.6 cm³/mol. The molecule has 1 aromatic heterocycles. The molecule has 2 atom stereocenters. The molecule has 0 amide bonds. The van der Waals surface area contributed by atoms with Crippen molar-refractivity contribution in [3.05, 3.63) is 23.9 Å². The number of aromatic nitrogens is 1. The van der Waals surface area contributed by atoms with E-state index in [2.05, 4.69) is 4.98 Å². The van der Waals surface area contributed by atoms with Gasteiger partial charge in [-0.1, -0.05) is 6.07 Å². The van der Waals surface area contributed by atoms with E-state index in [1.807, 2.05) is 12.1 Å². The molecule has 16 heavy (non-hydrogen) atoms. The van der Waals surface area contributed by atoms with Crippen molar-refractivity contribution in [1.29, 1.82) is 0 Å². The fraction of sp³-hybridized carbons (Fsp3) is 0.583. The van der Waals surface area contributed by atoms with E-state index in [1.165, 1.54) is 12.8 Å². The summed E-state index contributed by atoms with van der Waals surface area (Å²) >= 11 is 1.72. The minimum absolute atomic E-state index is 0.392. The van der Waals surface area contributed by atoms with Crippen LogP contribution in [0, 0.1) is 0 Å². The lowest BCUT2D eigenvalue weighted by Crippen LogP contribution is -2.07. The van der Waals surface area contributed by atoms with Crippen LogP contribution in [0.2, 0.25) is 0 Å². The molecule has 1 saturated heterocycles. The normalized spacial score (nSPS) is 22.2. The number of aliphatic hydroxyl groups excluding tert-OH is 1. The first kappa shape index (κ1) is 11.9. The maximum Gasteiger partial charge on any atom is 0.0960 e. The number of aliphatic hydroxyl groups is 1. The second-order valence-electron chi connectivity index (χ2n) is 4.05. The van der Waals surface area contributed by atoms with Crippen molar-refractivity contribution in [2.24, 2.45) is 0 Å². The molecule has 0 bridgehead atoms. The van der Waals surface area contributed by atoms with Crippen LogP contribution in [-0.4, -0.2) is 28.6 Å². The molecule has 2 heterocycles. The highest BCUT2D eigenvalue weighted by Crippen LogP contribution is 2.23. The van der Waals surface area contributed by atoms with E-state index in [0.717, 1.165) is 22.9 Å². The van der Waals surface area contributed by atoms with Gasteiger partial charge in [0.1, 0.15) is 0 Å². The Morgan fingerprint density at radius 1 is 1.62 bits per heavy atom. The van der Waals surface area contributed by atoms with Crippen LogP contribution in [0.3, 0.4) is 0 Å². The maximum absolute atomic E-state index is 9.35. The van der Waals surface area contributed by atoms with Gasteiger partial charge in [-0.05, 0) is 31.4 Å². The summed E-state index contributed by atoms with van der Waals surface area (Å²) in [5.74, 6) is 0.973. The average molecular weight is 239 g/mol. The highest BCUT2D eigenvalue weighted by molar-refractivity contribution is 7.99. The summed E-state index contributed by atoms with van der Waals surface area (Å²) in [6.45, 7) is 2.65. The molecule has 3 nitrogen and oxygen atoms in total. The number of hydrogen-bond acceptors (Lipinski definition) is 4. The Morgan fingerprint density at radius 3 is 3.06 bits per heavy atom. The summed E-state index contributed by atoms with van der Waals surface area (Å²) in [5, 5.41) is 10.4. The molecule has 88 valence electrons. The van der Waals surface area contributed by atoms with Crippen LogP contribution in [0.25, 0.3) is 0 Å². The highest BCUT2D eigenvalue weighted by Gasteiger charge is 2.15. The van der Waals surface area contributed by atoms with Gasteiger partial charge >= 0.3 is 0 Å². The van der Waals surface area contributed by atoms with E-state index in [0.29, 0.717) is 6.10 Å². The van der Waals surface area contributed by atoms with Gasteiger partial charge in [0.15, 0.2) is 0 Å². The van der Waals surface area contributed by atoms with Crippen LogP contribution >= 0.6 is 11.8 Å². The van der Waals surface area contributed by atoms with E-state index < -0.39 is 6.10 Å². The van der Waals surface area contributed by atoms with Gasteiger partial charge in [-0.15, -0.1) is 11.8 Å². The standard InChI is InChI=1S/C12H17NO2S/c1-9(14)10-4-5-12(13-7-10)16-8-11-3-2-6-15-11/h4-5,7,9,11,14H,2-3,6,8H2,1H3/t9-,11?/m0/s1. The van der Waals surface area contributed by atoms with E-state index in [1.54, 1.807) is 24.9 Å². The van der Waals surface area contributed by atoms with Crippen LogP contribution < -0.4 is 0 Å². The van der Waals surface area contributed by atoms with Crippen molar-refractivity contribution in [3.63, 3.8) is 0 Å². The molecular weight excluding hydrogens is 222 g/mol. The number of ether oxygens (including phenoxy) is 1. The molecule has 4 heteroatoms. The number of rotatable bonds is 4. The van der Waals surface area contributed by atoms with Crippen molar-refractivity contribution < 1.29 is 9.84 Å². The summed E-state index contributed by atoms with van der Waals surface area (Å²) in [7, 11) is 0. The molecule has 0 spiro atoms. The Kier molecular flexibility index (Phi) is 4.21. The van der Waals surface area contributed by atoms with E-state index >= 15 is 0 Å². The molecule has 2 rings (SSSR count). The van der Waals surface area contributed by atoms with E-state index in [9.17, 15) is 5.11 Å². The van der Waals surface area contributed by atoms with Crippen LogP contribution in [-0.2, 0) is 4.74 Å². The third-order valence-electron chi connectivity index (χ3n) is 2.68. The molecular formula is C12H17NO2S. The molecule has 1 aliphatic rings. The Bertz CT molecular complexity index is 320. The molecule has 1 aromatic rings. The Labute approximate surface area is 100 Å². The number of pyridine rings is 1. The zero-order chi connectivity index (χ0) is 11.4. The first-order chi connectivity index (χ1) is 7.75. The van der Waals surface area contributed by atoms with E-state index in [4.69, 9.17) is 4.74 Å². The fourth-order valence-electron chi connectivity index (χ4n) is 1.68. The van der Waals surface area contributed by atoms with Gasteiger partial charge in [-0.2, -0.15) is 0 Å². The molecule has 0 saturated carbocycles. The zero-order valence-corrected chi connectivity index (χ0v) is 10.2. The zero-order valence-electron chi connectivity index (χ0n) is 9.43. The Morgan fingerprint density at radius 2 is 2.50 bits per heavy atom. The summed E-state index contributed by atoms with van der Waals surface area (Å²) in [6, 6.07) is 3.89. The predicted octanol–water partition coefficient (Wildman–Crippen LogP) is 2.41. The fourth-order valence-corrected chi connectivity index (χ4v) is 2.59. The van der Waals surface area contributed by atoms with Crippen molar-refractivity contribution >= 4 is 11.8 Å². The van der Waals surface area contributed by atoms with Crippen LogP contribution in [0.5, 0.6) is 0 Å². The lowest BCUT2D eigenvalue weighted by molar-refractivity contribution is 0.129. The van der Waals surface area contributed by atoms with Crippen LogP contribution in [0.15, 0.2) is 23.4 Å². The largest absolute Gasteiger partial charge is 0.389 e. The van der Waals surface area contributed by atoms with Gasteiger partial charge in [-0.3, -0.25) is 0 Å². The van der Waals surface area contributed by atoms with Gasteiger partial charge < -0.3 is 9.84 Å². The van der Waals surface area contributed by atoms with Crippen molar-refractivity contribution in [1.82, 2.24) is 4.98 Å². The summed E-state index contributed by atoms with van der Waals surface area (Å²) in [5.41, 5.74) is 0.862. The molecule has 1 aliphatic heterocycles. The van der Waals surface area contributed by atoms with Gasteiger partial charge in [0.2, 0.25) is 0 Å². The Balaban J connectivity index is 1.84.